The maximum absolute atomic E-state index is 4.56. The number of anilines is 1. The average Bonchev–Trinajstić information content (AvgIpc) is 2.82. The zero-order valence-corrected chi connectivity index (χ0v) is 11.4. The summed E-state index contributed by atoms with van der Waals surface area (Å²) in [6.07, 6.45) is 0. The molecule has 0 unspecified atom stereocenters. The van der Waals surface area contributed by atoms with E-state index < -0.39 is 0 Å². The van der Waals surface area contributed by atoms with Gasteiger partial charge in [0.1, 0.15) is 0 Å². The fraction of sp³-hybridized carbons (Fsp3) is 0.500. The molecule has 2 rings (SSSR count). The van der Waals surface area contributed by atoms with Crippen molar-refractivity contribution in [2.45, 2.75) is 26.7 Å². The minimum atomic E-state index is 0.418. The van der Waals surface area contributed by atoms with E-state index in [1.165, 1.54) is 0 Å². The highest BCUT2D eigenvalue weighted by atomic mass is 32.1. The summed E-state index contributed by atoms with van der Waals surface area (Å²) < 4.78 is 0. The molecule has 0 spiro atoms. The van der Waals surface area contributed by atoms with Crippen LogP contribution < -0.4 is 5.32 Å². The summed E-state index contributed by atoms with van der Waals surface area (Å²) in [4.78, 5) is 5.72. The molecule has 0 aliphatic rings. The smallest absolute Gasteiger partial charge is 0.205 e. The highest BCUT2D eigenvalue weighted by Crippen LogP contribution is 2.36. The van der Waals surface area contributed by atoms with Gasteiger partial charge in [0, 0.05) is 7.05 Å². The molecule has 0 saturated heterocycles. The zero-order valence-electron chi connectivity index (χ0n) is 9.74. The van der Waals surface area contributed by atoms with Crippen molar-refractivity contribution in [2.24, 2.45) is 0 Å². The molecule has 0 bridgehead atoms. The topological polar surface area (TPSA) is 50.7 Å². The normalized spacial score (nSPS) is 11.1. The van der Waals surface area contributed by atoms with Crippen LogP contribution in [0.4, 0.5) is 5.13 Å². The quantitative estimate of drug-likeness (QED) is 0.914. The monoisotopic (exact) mass is 254 g/mol. The van der Waals surface area contributed by atoms with Crippen LogP contribution in [0.2, 0.25) is 0 Å². The van der Waals surface area contributed by atoms with Crippen LogP contribution in [0.1, 0.15) is 30.5 Å². The number of hydrogen-bond acceptors (Lipinski definition) is 6. The first-order valence-corrected chi connectivity index (χ1v) is 6.74. The van der Waals surface area contributed by atoms with Crippen molar-refractivity contribution in [3.05, 3.63) is 10.7 Å². The molecule has 6 heteroatoms. The van der Waals surface area contributed by atoms with Crippen molar-refractivity contribution in [1.29, 1.82) is 0 Å². The summed E-state index contributed by atoms with van der Waals surface area (Å²) in [7, 11) is 1.85. The maximum atomic E-state index is 4.56. The van der Waals surface area contributed by atoms with Gasteiger partial charge in [-0.3, -0.25) is 0 Å². The second kappa shape index (κ2) is 4.47. The van der Waals surface area contributed by atoms with Crippen molar-refractivity contribution < 1.29 is 0 Å². The molecule has 2 aromatic rings. The van der Waals surface area contributed by atoms with E-state index >= 15 is 0 Å². The lowest BCUT2D eigenvalue weighted by Gasteiger charge is -2.01. The molecule has 16 heavy (non-hydrogen) atoms. The first-order valence-electron chi connectivity index (χ1n) is 5.10. The van der Waals surface area contributed by atoms with Crippen molar-refractivity contribution in [3.63, 3.8) is 0 Å². The molecular weight excluding hydrogens is 240 g/mol. The minimum Gasteiger partial charge on any atom is -0.363 e. The van der Waals surface area contributed by atoms with Crippen LogP contribution in [-0.4, -0.2) is 22.2 Å². The molecule has 2 aromatic heterocycles. The Kier molecular flexibility index (Phi) is 3.20. The van der Waals surface area contributed by atoms with Crippen molar-refractivity contribution >= 4 is 27.8 Å². The third-order valence-corrected chi connectivity index (χ3v) is 4.22. The van der Waals surface area contributed by atoms with E-state index in [1.54, 1.807) is 22.7 Å². The Hall–Kier alpha value is -1.01. The fourth-order valence-electron chi connectivity index (χ4n) is 1.40. The first-order chi connectivity index (χ1) is 7.61. The number of aromatic nitrogens is 3. The number of nitrogens with zero attached hydrogens (tertiary/aromatic N) is 3. The van der Waals surface area contributed by atoms with Gasteiger partial charge in [-0.2, -0.15) is 0 Å². The van der Waals surface area contributed by atoms with E-state index in [-0.39, 0.29) is 0 Å². The van der Waals surface area contributed by atoms with Gasteiger partial charge in [0.25, 0.3) is 0 Å². The Balaban J connectivity index is 2.46. The summed E-state index contributed by atoms with van der Waals surface area (Å²) in [5, 5.41) is 14.1. The zero-order chi connectivity index (χ0) is 11.7. The van der Waals surface area contributed by atoms with Gasteiger partial charge in [-0.15, -0.1) is 21.5 Å². The minimum absolute atomic E-state index is 0.418. The van der Waals surface area contributed by atoms with Gasteiger partial charge in [0.15, 0.2) is 5.01 Å². The number of hydrogen-bond donors (Lipinski definition) is 1. The van der Waals surface area contributed by atoms with E-state index in [0.29, 0.717) is 5.92 Å². The lowest BCUT2D eigenvalue weighted by atomic mass is 10.1. The van der Waals surface area contributed by atoms with Crippen molar-refractivity contribution in [2.75, 3.05) is 12.4 Å². The van der Waals surface area contributed by atoms with Crippen molar-refractivity contribution in [3.8, 4) is 9.88 Å². The summed E-state index contributed by atoms with van der Waals surface area (Å²) in [5.41, 5.74) is 1.13. The molecule has 86 valence electrons. The van der Waals surface area contributed by atoms with E-state index in [4.69, 9.17) is 0 Å². The summed E-state index contributed by atoms with van der Waals surface area (Å²) in [5.74, 6) is 0.418. The Bertz CT molecular complexity index is 487. The predicted octanol–water partition coefficient (Wildman–Crippen LogP) is 3.14. The third kappa shape index (κ3) is 2.08. The Labute approximate surface area is 103 Å². The Morgan fingerprint density at radius 2 is 1.94 bits per heavy atom. The number of nitrogens with one attached hydrogen (secondary N) is 1. The Morgan fingerprint density at radius 3 is 2.50 bits per heavy atom. The van der Waals surface area contributed by atoms with Gasteiger partial charge in [-0.1, -0.05) is 25.2 Å². The predicted molar refractivity (Wildman–Crippen MR) is 69.4 cm³/mol. The maximum Gasteiger partial charge on any atom is 0.205 e. The highest BCUT2D eigenvalue weighted by Gasteiger charge is 2.17. The summed E-state index contributed by atoms with van der Waals surface area (Å²) in [6.45, 7) is 6.33. The molecule has 0 aliphatic carbocycles. The van der Waals surface area contributed by atoms with E-state index in [9.17, 15) is 0 Å². The number of aryl methyl sites for hydroxylation is 1. The second-order valence-corrected chi connectivity index (χ2v) is 5.95. The van der Waals surface area contributed by atoms with Gasteiger partial charge in [-0.25, -0.2) is 4.98 Å². The molecule has 0 saturated carbocycles. The molecule has 4 nitrogen and oxygen atoms in total. The molecule has 0 amide bonds. The lowest BCUT2D eigenvalue weighted by molar-refractivity contribution is 0.830. The van der Waals surface area contributed by atoms with Crippen LogP contribution in [0, 0.1) is 6.92 Å². The van der Waals surface area contributed by atoms with E-state index in [1.807, 2.05) is 14.0 Å². The van der Waals surface area contributed by atoms with Gasteiger partial charge < -0.3 is 5.32 Å². The van der Waals surface area contributed by atoms with Crippen LogP contribution in [0.5, 0.6) is 0 Å². The van der Waals surface area contributed by atoms with Crippen LogP contribution in [-0.2, 0) is 0 Å². The van der Waals surface area contributed by atoms with E-state index in [0.717, 1.165) is 25.7 Å². The van der Waals surface area contributed by atoms with Crippen LogP contribution in [0.3, 0.4) is 0 Å². The molecular formula is C10H14N4S2. The average molecular weight is 254 g/mol. The molecule has 0 atom stereocenters. The van der Waals surface area contributed by atoms with Gasteiger partial charge in [0.05, 0.1) is 15.6 Å². The Morgan fingerprint density at radius 1 is 1.19 bits per heavy atom. The van der Waals surface area contributed by atoms with Gasteiger partial charge in [-0.05, 0) is 12.8 Å². The molecule has 2 heterocycles. The summed E-state index contributed by atoms with van der Waals surface area (Å²) in [6, 6.07) is 0. The van der Waals surface area contributed by atoms with Gasteiger partial charge in [0.2, 0.25) is 5.13 Å². The largest absolute Gasteiger partial charge is 0.363 e. The third-order valence-electron chi connectivity index (χ3n) is 2.14. The fourth-order valence-corrected chi connectivity index (χ4v) is 3.25. The molecule has 0 aromatic carbocycles. The van der Waals surface area contributed by atoms with Gasteiger partial charge >= 0.3 is 0 Å². The number of rotatable bonds is 3. The SMILES string of the molecule is CNc1nnc(-c2sc(C)nc2C(C)C)s1. The van der Waals surface area contributed by atoms with Crippen LogP contribution in [0.25, 0.3) is 9.88 Å². The lowest BCUT2D eigenvalue weighted by Crippen LogP contribution is -1.90. The number of thiazole rings is 1. The van der Waals surface area contributed by atoms with Crippen molar-refractivity contribution in [1.82, 2.24) is 15.2 Å². The first kappa shape index (κ1) is 11.5. The van der Waals surface area contributed by atoms with E-state index in [2.05, 4.69) is 34.3 Å². The molecule has 1 N–H and O–H groups in total. The standard InChI is InChI=1S/C10H14N4S2/c1-5(2)7-8(15-6(3)12-7)9-13-14-10(11-4)16-9/h5H,1-4H3,(H,11,14). The molecule has 0 aliphatic heterocycles. The van der Waals surface area contributed by atoms with Crippen LogP contribution in [0.15, 0.2) is 0 Å². The summed E-state index contributed by atoms with van der Waals surface area (Å²) >= 11 is 3.26. The second-order valence-electron chi connectivity index (χ2n) is 3.76. The highest BCUT2D eigenvalue weighted by molar-refractivity contribution is 7.23. The molecule has 0 fully saturated rings. The van der Waals surface area contributed by atoms with Crippen LogP contribution >= 0.6 is 22.7 Å². The molecule has 0 radical (unpaired) electrons.